The van der Waals surface area contributed by atoms with Crippen molar-refractivity contribution in [1.82, 2.24) is 10.2 Å². The van der Waals surface area contributed by atoms with Crippen LogP contribution in [0, 0.1) is 0 Å². The van der Waals surface area contributed by atoms with Crippen molar-refractivity contribution < 1.29 is 9.53 Å². The van der Waals surface area contributed by atoms with Gasteiger partial charge in [-0.1, -0.05) is 19.1 Å². The Morgan fingerprint density at radius 2 is 2.24 bits per heavy atom. The zero-order chi connectivity index (χ0) is 15.2. The minimum atomic E-state index is 0.0556. The third-order valence-electron chi connectivity index (χ3n) is 3.91. The van der Waals surface area contributed by atoms with Gasteiger partial charge in [0.15, 0.2) is 6.61 Å². The van der Waals surface area contributed by atoms with Gasteiger partial charge in [-0.25, -0.2) is 0 Å². The van der Waals surface area contributed by atoms with Gasteiger partial charge >= 0.3 is 0 Å². The lowest BCUT2D eigenvalue weighted by molar-refractivity contribution is -0.132. The predicted octanol–water partition coefficient (Wildman–Crippen LogP) is 2.75. The van der Waals surface area contributed by atoms with E-state index < -0.39 is 0 Å². The molecule has 0 heterocycles. The standard InChI is InChI=1S/C17H26N2O2/c1-4-10-18-13(2)14-6-5-7-16(11-14)21-12-17(20)19(3)15-8-9-15/h5-7,11,13,15,18H,4,8-10,12H2,1-3H3. The molecule has 1 N–H and O–H groups in total. The summed E-state index contributed by atoms with van der Waals surface area (Å²) in [5, 5.41) is 3.45. The molecule has 1 atom stereocenters. The molecule has 21 heavy (non-hydrogen) atoms. The van der Waals surface area contributed by atoms with Crippen molar-refractivity contribution in [2.45, 2.75) is 45.2 Å². The molecule has 1 amide bonds. The normalized spacial score (nSPS) is 15.6. The van der Waals surface area contributed by atoms with E-state index in [-0.39, 0.29) is 12.5 Å². The molecular formula is C17H26N2O2. The van der Waals surface area contributed by atoms with Crippen LogP contribution >= 0.6 is 0 Å². The number of hydrogen-bond acceptors (Lipinski definition) is 3. The summed E-state index contributed by atoms with van der Waals surface area (Å²) >= 11 is 0. The molecule has 4 nitrogen and oxygen atoms in total. The maximum absolute atomic E-state index is 11.9. The molecule has 0 aliphatic heterocycles. The maximum Gasteiger partial charge on any atom is 0.260 e. The van der Waals surface area contributed by atoms with Crippen LogP contribution < -0.4 is 10.1 Å². The third kappa shape index (κ3) is 4.74. The minimum Gasteiger partial charge on any atom is -0.484 e. The number of carbonyl (C=O) groups excluding carboxylic acids is 1. The Hall–Kier alpha value is -1.55. The van der Waals surface area contributed by atoms with Gasteiger partial charge in [0.05, 0.1) is 0 Å². The number of carbonyl (C=O) groups is 1. The van der Waals surface area contributed by atoms with Crippen LogP contribution in [0.3, 0.4) is 0 Å². The van der Waals surface area contributed by atoms with E-state index in [2.05, 4.69) is 25.2 Å². The SMILES string of the molecule is CCCNC(C)c1cccc(OCC(=O)N(C)C2CC2)c1. The second kappa shape index (κ2) is 7.46. The summed E-state index contributed by atoms with van der Waals surface area (Å²) in [5.41, 5.74) is 1.18. The van der Waals surface area contributed by atoms with Crippen molar-refractivity contribution in [1.29, 1.82) is 0 Å². The monoisotopic (exact) mass is 290 g/mol. The zero-order valence-corrected chi connectivity index (χ0v) is 13.3. The number of amides is 1. The number of ether oxygens (including phenoxy) is 1. The first-order valence-electron chi connectivity index (χ1n) is 7.83. The Morgan fingerprint density at radius 1 is 1.48 bits per heavy atom. The molecule has 0 bridgehead atoms. The lowest BCUT2D eigenvalue weighted by atomic mass is 10.1. The fourth-order valence-electron chi connectivity index (χ4n) is 2.26. The smallest absolute Gasteiger partial charge is 0.260 e. The van der Waals surface area contributed by atoms with Crippen LogP contribution in [-0.4, -0.2) is 37.0 Å². The number of nitrogens with one attached hydrogen (secondary N) is 1. The highest BCUT2D eigenvalue weighted by Crippen LogP contribution is 2.25. The zero-order valence-electron chi connectivity index (χ0n) is 13.3. The highest BCUT2D eigenvalue weighted by Gasteiger charge is 2.29. The Bertz CT molecular complexity index is 472. The minimum absolute atomic E-state index is 0.0556. The average Bonchev–Trinajstić information content (AvgIpc) is 3.34. The summed E-state index contributed by atoms with van der Waals surface area (Å²) in [6.07, 6.45) is 3.36. The van der Waals surface area contributed by atoms with Gasteiger partial charge in [0, 0.05) is 19.1 Å². The number of rotatable bonds is 8. The lowest BCUT2D eigenvalue weighted by Crippen LogP contribution is -2.33. The van der Waals surface area contributed by atoms with Gasteiger partial charge in [-0.2, -0.15) is 0 Å². The quantitative estimate of drug-likeness (QED) is 0.800. The molecule has 116 valence electrons. The summed E-state index contributed by atoms with van der Waals surface area (Å²) in [7, 11) is 1.86. The van der Waals surface area contributed by atoms with Crippen molar-refractivity contribution in [3.8, 4) is 5.75 Å². The molecule has 2 rings (SSSR count). The molecule has 0 spiro atoms. The first-order valence-corrected chi connectivity index (χ1v) is 7.83. The molecule has 1 aromatic rings. The third-order valence-corrected chi connectivity index (χ3v) is 3.91. The lowest BCUT2D eigenvalue weighted by Gasteiger charge is -2.17. The predicted molar refractivity (Wildman–Crippen MR) is 84.4 cm³/mol. The molecule has 1 saturated carbocycles. The molecule has 1 aromatic carbocycles. The second-order valence-electron chi connectivity index (χ2n) is 5.77. The number of hydrogen-bond donors (Lipinski definition) is 1. The Balaban J connectivity index is 1.86. The molecule has 0 saturated heterocycles. The molecular weight excluding hydrogens is 264 g/mol. The first-order chi connectivity index (χ1) is 10.1. The maximum atomic E-state index is 11.9. The van der Waals surface area contributed by atoms with Gasteiger partial charge in [0.2, 0.25) is 0 Å². The Morgan fingerprint density at radius 3 is 2.90 bits per heavy atom. The summed E-state index contributed by atoms with van der Waals surface area (Å²) in [6, 6.07) is 8.70. The van der Waals surface area contributed by atoms with Crippen LogP contribution in [0.15, 0.2) is 24.3 Å². The molecule has 1 aliphatic carbocycles. The molecule has 1 fully saturated rings. The molecule has 1 aliphatic rings. The molecule has 0 radical (unpaired) electrons. The number of likely N-dealkylation sites (N-methyl/N-ethyl adjacent to an activating group) is 1. The Kier molecular flexibility index (Phi) is 5.62. The number of benzene rings is 1. The van der Waals surface area contributed by atoms with Gasteiger partial charge < -0.3 is 15.0 Å². The summed E-state index contributed by atoms with van der Waals surface area (Å²) in [5.74, 6) is 0.815. The Labute approximate surface area is 127 Å². The fourth-order valence-corrected chi connectivity index (χ4v) is 2.26. The van der Waals surface area contributed by atoms with Gasteiger partial charge in [0.25, 0.3) is 5.91 Å². The highest BCUT2D eigenvalue weighted by atomic mass is 16.5. The summed E-state index contributed by atoms with van der Waals surface area (Å²) in [6.45, 7) is 5.41. The summed E-state index contributed by atoms with van der Waals surface area (Å²) in [4.78, 5) is 13.7. The van der Waals surface area contributed by atoms with Crippen LogP contribution in [-0.2, 0) is 4.79 Å². The van der Waals surface area contributed by atoms with Crippen molar-refractivity contribution in [3.05, 3.63) is 29.8 Å². The van der Waals surface area contributed by atoms with Crippen molar-refractivity contribution in [2.24, 2.45) is 0 Å². The topological polar surface area (TPSA) is 41.6 Å². The van der Waals surface area contributed by atoms with E-state index in [9.17, 15) is 4.79 Å². The van der Waals surface area contributed by atoms with Crippen molar-refractivity contribution in [3.63, 3.8) is 0 Å². The van der Waals surface area contributed by atoms with Crippen molar-refractivity contribution in [2.75, 3.05) is 20.2 Å². The van der Waals surface area contributed by atoms with Crippen molar-refractivity contribution >= 4 is 5.91 Å². The van der Waals surface area contributed by atoms with Gasteiger partial charge in [-0.3, -0.25) is 4.79 Å². The highest BCUT2D eigenvalue weighted by molar-refractivity contribution is 5.78. The summed E-state index contributed by atoms with van der Waals surface area (Å²) < 4.78 is 5.64. The van der Waals surface area contributed by atoms with E-state index in [4.69, 9.17) is 4.74 Å². The van der Waals surface area contributed by atoms with Gasteiger partial charge in [0.1, 0.15) is 5.75 Å². The molecule has 0 aromatic heterocycles. The fraction of sp³-hybridized carbons (Fsp3) is 0.588. The van der Waals surface area contributed by atoms with Gasteiger partial charge in [-0.05, 0) is 50.4 Å². The molecule has 1 unspecified atom stereocenters. The number of nitrogens with zero attached hydrogens (tertiary/aromatic N) is 1. The van der Waals surface area contributed by atoms with E-state index in [0.717, 1.165) is 31.6 Å². The first kappa shape index (κ1) is 15.8. The van der Waals surface area contributed by atoms with Crippen LogP contribution in [0.1, 0.15) is 44.7 Å². The van der Waals surface area contributed by atoms with Crippen LogP contribution in [0.4, 0.5) is 0 Å². The second-order valence-corrected chi connectivity index (χ2v) is 5.77. The van der Waals surface area contributed by atoms with Gasteiger partial charge in [-0.15, -0.1) is 0 Å². The van der Waals surface area contributed by atoms with Crippen LogP contribution in [0.2, 0.25) is 0 Å². The van der Waals surface area contributed by atoms with E-state index in [1.165, 1.54) is 5.56 Å². The molecule has 4 heteroatoms. The largest absolute Gasteiger partial charge is 0.484 e. The van der Waals surface area contributed by atoms with E-state index in [1.54, 1.807) is 4.90 Å². The van der Waals surface area contributed by atoms with Crippen LogP contribution in [0.25, 0.3) is 0 Å². The van der Waals surface area contributed by atoms with Crippen LogP contribution in [0.5, 0.6) is 5.75 Å². The van der Waals surface area contributed by atoms with E-state index in [0.29, 0.717) is 12.1 Å². The average molecular weight is 290 g/mol. The van der Waals surface area contributed by atoms with E-state index >= 15 is 0 Å². The van der Waals surface area contributed by atoms with E-state index in [1.807, 2.05) is 25.2 Å².